The van der Waals surface area contributed by atoms with Gasteiger partial charge in [0.05, 0.1) is 16.2 Å². The van der Waals surface area contributed by atoms with Crippen molar-refractivity contribution in [3.05, 3.63) is 0 Å². The Bertz CT molecular complexity index is 304. The summed E-state index contributed by atoms with van der Waals surface area (Å²) in [5, 5.41) is 8.40. The number of hydrogen-bond acceptors (Lipinski definition) is 4. The maximum atomic E-state index is 10.9. The van der Waals surface area contributed by atoms with Crippen molar-refractivity contribution >= 4 is 10.1 Å². The van der Waals surface area contributed by atoms with Gasteiger partial charge in [0.15, 0.2) is 0 Å². The zero-order valence-corrected chi connectivity index (χ0v) is 16.1. The van der Waals surface area contributed by atoms with Gasteiger partial charge in [-0.3, -0.25) is 0 Å². The van der Waals surface area contributed by atoms with Crippen molar-refractivity contribution in [3.8, 4) is 0 Å². The minimum Gasteiger partial charge on any atom is -0.748 e. The predicted octanol–water partition coefficient (Wildman–Crippen LogP) is 0.206. The van der Waals surface area contributed by atoms with Gasteiger partial charge in [-0.15, -0.1) is 0 Å². The molecule has 0 spiro atoms. The Balaban J connectivity index is 0. The maximum absolute atomic E-state index is 10.9. The van der Waals surface area contributed by atoms with Crippen LogP contribution in [-0.2, 0) is 10.1 Å². The molecule has 2 unspecified atom stereocenters. The number of aliphatic hydroxyl groups excluding tert-OH is 1. The molecule has 0 saturated heterocycles. The van der Waals surface area contributed by atoms with E-state index in [0.717, 1.165) is 44.9 Å². The van der Waals surface area contributed by atoms with Crippen LogP contribution in [-0.4, -0.2) is 29.4 Å². The third-order valence-electron chi connectivity index (χ3n) is 3.51. The fourth-order valence-corrected chi connectivity index (χ4v) is 3.11. The zero-order valence-electron chi connectivity index (χ0n) is 13.3. The Labute approximate surface area is 146 Å². The molecule has 0 aromatic rings. The first-order chi connectivity index (χ1) is 8.88. The van der Waals surface area contributed by atoms with E-state index < -0.39 is 15.4 Å². The molecule has 0 aliphatic carbocycles. The molecular weight excluding hydrogens is 287 g/mol. The van der Waals surface area contributed by atoms with Crippen molar-refractivity contribution in [3.63, 3.8) is 0 Å². The molecule has 0 aliphatic rings. The van der Waals surface area contributed by atoms with Crippen molar-refractivity contribution in [1.29, 1.82) is 0 Å². The predicted molar refractivity (Wildman–Crippen MR) is 77.0 cm³/mol. The van der Waals surface area contributed by atoms with Gasteiger partial charge in [0.1, 0.15) is 0 Å². The summed E-state index contributed by atoms with van der Waals surface area (Å²) in [7, 11) is -4.10. The van der Waals surface area contributed by atoms with Crippen LogP contribution in [0.1, 0.15) is 78.1 Å². The molecule has 0 aromatic heterocycles. The van der Waals surface area contributed by atoms with Gasteiger partial charge in [-0.2, -0.15) is 0 Å². The van der Waals surface area contributed by atoms with E-state index in [1.807, 2.05) is 6.92 Å². The Hall–Kier alpha value is 0.870. The molecule has 116 valence electrons. The minimum atomic E-state index is -4.10. The number of rotatable bonds is 12. The van der Waals surface area contributed by atoms with E-state index in [1.165, 1.54) is 6.42 Å². The van der Waals surface area contributed by atoms with Gasteiger partial charge in [0.25, 0.3) is 0 Å². The fraction of sp³-hybridized carbons (Fsp3) is 1.00. The third kappa shape index (κ3) is 13.8. The average molecular weight is 316 g/mol. The van der Waals surface area contributed by atoms with E-state index in [0.29, 0.717) is 12.8 Å². The van der Waals surface area contributed by atoms with E-state index in [4.69, 9.17) is 5.11 Å². The van der Waals surface area contributed by atoms with Crippen molar-refractivity contribution in [2.75, 3.05) is 0 Å². The molecule has 0 aromatic carbocycles. The summed E-state index contributed by atoms with van der Waals surface area (Å²) in [6.07, 6.45) is 9.08. The van der Waals surface area contributed by atoms with Crippen LogP contribution in [0.3, 0.4) is 0 Å². The second kappa shape index (κ2) is 13.5. The van der Waals surface area contributed by atoms with Gasteiger partial charge in [0.2, 0.25) is 0 Å². The molecule has 6 heteroatoms. The number of unbranched alkanes of at least 4 members (excludes halogenated alkanes) is 6. The molecule has 0 heterocycles. The molecule has 2 atom stereocenters. The van der Waals surface area contributed by atoms with Crippen molar-refractivity contribution in [2.45, 2.75) is 89.4 Å². The van der Waals surface area contributed by atoms with Crippen LogP contribution in [0.15, 0.2) is 0 Å². The van der Waals surface area contributed by atoms with E-state index in [1.54, 1.807) is 6.92 Å². The Morgan fingerprint density at radius 3 is 1.70 bits per heavy atom. The van der Waals surface area contributed by atoms with Crippen LogP contribution in [0.4, 0.5) is 0 Å². The second-order valence-electron chi connectivity index (χ2n) is 5.42. The SMILES string of the molecule is CCC(CCCCCCCCCC(C)O)S(=O)(=O)[O-].[Na+]. The first kappa shape index (κ1) is 23.1. The normalized spacial score (nSPS) is 14.6. The first-order valence-corrected chi connectivity index (χ1v) is 8.97. The van der Waals surface area contributed by atoms with Gasteiger partial charge in [-0.25, -0.2) is 8.42 Å². The smallest absolute Gasteiger partial charge is 0.748 e. The summed E-state index contributed by atoms with van der Waals surface area (Å²) in [6, 6.07) is 0. The zero-order chi connectivity index (χ0) is 14.7. The molecule has 1 N–H and O–H groups in total. The van der Waals surface area contributed by atoms with Gasteiger partial charge in [-0.1, -0.05) is 51.9 Å². The average Bonchev–Trinajstić information content (AvgIpc) is 2.29. The Morgan fingerprint density at radius 1 is 0.950 bits per heavy atom. The number of hydrogen-bond donors (Lipinski definition) is 1. The summed E-state index contributed by atoms with van der Waals surface area (Å²) in [6.45, 7) is 3.57. The van der Waals surface area contributed by atoms with Crippen molar-refractivity contribution in [1.82, 2.24) is 0 Å². The largest absolute Gasteiger partial charge is 1.00 e. The molecule has 20 heavy (non-hydrogen) atoms. The van der Waals surface area contributed by atoms with Crippen LogP contribution < -0.4 is 29.6 Å². The Morgan fingerprint density at radius 2 is 1.35 bits per heavy atom. The topological polar surface area (TPSA) is 77.4 Å². The van der Waals surface area contributed by atoms with Crippen LogP contribution in [0, 0.1) is 0 Å². The second-order valence-corrected chi connectivity index (χ2v) is 7.08. The minimum absolute atomic E-state index is 0. The number of aliphatic hydroxyl groups is 1. The van der Waals surface area contributed by atoms with Gasteiger partial charge < -0.3 is 9.66 Å². The van der Waals surface area contributed by atoms with Crippen molar-refractivity contribution < 1.29 is 47.6 Å². The Kier molecular flexibility index (Phi) is 15.7. The summed E-state index contributed by atoms with van der Waals surface area (Å²) >= 11 is 0. The fourth-order valence-electron chi connectivity index (χ4n) is 2.25. The molecular formula is C14H29NaO4S. The third-order valence-corrected chi connectivity index (χ3v) is 4.90. The quantitative estimate of drug-likeness (QED) is 0.317. The first-order valence-electron chi connectivity index (χ1n) is 7.50. The standard InChI is InChI=1S/C14H30O4S.Na/c1-3-14(19(16,17)18)12-10-8-6-4-5-7-9-11-13(2)15;/h13-15H,3-12H2,1-2H3,(H,16,17,18);/q;+1/p-1. The molecule has 0 bridgehead atoms. The van der Waals surface area contributed by atoms with Crippen molar-refractivity contribution in [2.24, 2.45) is 0 Å². The summed E-state index contributed by atoms with van der Waals surface area (Å²) in [4.78, 5) is 0. The molecule has 0 fully saturated rings. The van der Waals surface area contributed by atoms with E-state index in [2.05, 4.69) is 0 Å². The van der Waals surface area contributed by atoms with Crippen LogP contribution in [0.5, 0.6) is 0 Å². The van der Waals surface area contributed by atoms with E-state index in [-0.39, 0.29) is 35.7 Å². The van der Waals surface area contributed by atoms with Gasteiger partial charge in [0, 0.05) is 5.25 Å². The summed E-state index contributed by atoms with van der Waals surface area (Å²) in [5.74, 6) is 0. The molecule has 0 saturated carbocycles. The molecule has 0 amide bonds. The summed E-state index contributed by atoms with van der Waals surface area (Å²) < 4.78 is 32.6. The molecule has 0 radical (unpaired) electrons. The molecule has 4 nitrogen and oxygen atoms in total. The van der Waals surface area contributed by atoms with Crippen LogP contribution >= 0.6 is 0 Å². The van der Waals surface area contributed by atoms with Gasteiger partial charge in [-0.05, 0) is 26.2 Å². The molecule has 0 aliphatic heterocycles. The monoisotopic (exact) mass is 316 g/mol. The van der Waals surface area contributed by atoms with Crippen LogP contribution in [0.2, 0.25) is 0 Å². The van der Waals surface area contributed by atoms with Gasteiger partial charge >= 0.3 is 29.6 Å². The summed E-state index contributed by atoms with van der Waals surface area (Å²) in [5.41, 5.74) is 0. The van der Waals surface area contributed by atoms with E-state index in [9.17, 15) is 13.0 Å². The molecule has 0 rings (SSSR count). The van der Waals surface area contributed by atoms with E-state index >= 15 is 0 Å². The van der Waals surface area contributed by atoms with Crippen LogP contribution in [0.25, 0.3) is 0 Å². The maximum Gasteiger partial charge on any atom is 1.00 e.